The van der Waals surface area contributed by atoms with E-state index in [-0.39, 0.29) is 18.8 Å². The van der Waals surface area contributed by atoms with E-state index < -0.39 is 25.3 Å². The van der Waals surface area contributed by atoms with Crippen molar-refractivity contribution in [2.75, 3.05) is 19.8 Å². The Bertz CT molecular complexity index is 461. The highest BCUT2D eigenvalue weighted by Crippen LogP contribution is 2.63. The zero-order chi connectivity index (χ0) is 14.5. The summed E-state index contributed by atoms with van der Waals surface area (Å²) in [6, 6.07) is 5.11. The van der Waals surface area contributed by atoms with E-state index in [2.05, 4.69) is 0 Å². The molecule has 0 aliphatic rings. The van der Waals surface area contributed by atoms with Gasteiger partial charge in [-0.25, -0.2) is 4.39 Å². The second-order valence-electron chi connectivity index (χ2n) is 3.86. The first-order valence-electron chi connectivity index (χ1n) is 6.01. The van der Waals surface area contributed by atoms with Gasteiger partial charge in [-0.15, -0.1) is 0 Å². The van der Waals surface area contributed by atoms with Crippen molar-refractivity contribution in [3.05, 3.63) is 35.6 Å². The maximum Gasteiger partial charge on any atom is 0.367 e. The number of aliphatic hydroxyl groups is 1. The average Bonchev–Trinajstić information content (AvgIpc) is 2.38. The van der Waals surface area contributed by atoms with Gasteiger partial charge < -0.3 is 19.9 Å². The minimum absolute atomic E-state index is 0.0697. The summed E-state index contributed by atoms with van der Waals surface area (Å²) in [6.07, 6.45) is 0. The summed E-state index contributed by atoms with van der Waals surface area (Å²) in [7, 11) is -3.92. The van der Waals surface area contributed by atoms with Gasteiger partial charge >= 0.3 is 7.60 Å². The molecule has 0 fully saturated rings. The molecule has 1 unspecified atom stereocenters. The highest BCUT2D eigenvalue weighted by Gasteiger charge is 2.50. The summed E-state index contributed by atoms with van der Waals surface area (Å²) < 4.78 is 36.2. The molecule has 0 saturated heterocycles. The van der Waals surface area contributed by atoms with Crippen molar-refractivity contribution in [3.8, 4) is 0 Å². The maximum atomic E-state index is 13.3. The van der Waals surface area contributed by atoms with Crippen molar-refractivity contribution in [2.45, 2.75) is 19.2 Å². The van der Waals surface area contributed by atoms with Crippen molar-refractivity contribution < 1.29 is 23.1 Å². The highest BCUT2D eigenvalue weighted by atomic mass is 31.2. The summed E-state index contributed by atoms with van der Waals surface area (Å²) in [5.41, 5.74) is 5.60. The molecular weight excluding hydrogens is 272 g/mol. The topological polar surface area (TPSA) is 81.8 Å². The van der Waals surface area contributed by atoms with Gasteiger partial charge in [-0.3, -0.25) is 4.57 Å². The zero-order valence-corrected chi connectivity index (χ0v) is 11.9. The van der Waals surface area contributed by atoms with Gasteiger partial charge in [0, 0.05) is 6.54 Å². The first kappa shape index (κ1) is 16.3. The quantitative estimate of drug-likeness (QED) is 0.753. The number of hydrogen-bond acceptors (Lipinski definition) is 5. The molecule has 0 bridgehead atoms. The minimum atomic E-state index is -3.92. The molecule has 0 saturated carbocycles. The van der Waals surface area contributed by atoms with E-state index in [0.29, 0.717) is 0 Å². The molecular formula is C12H19FNO4P. The molecule has 0 heterocycles. The molecule has 0 aromatic heterocycles. The second-order valence-corrected chi connectivity index (χ2v) is 6.12. The fraction of sp³-hybridized carbons (Fsp3) is 0.500. The third kappa shape index (κ3) is 3.22. The lowest BCUT2D eigenvalue weighted by Crippen LogP contribution is -2.36. The summed E-state index contributed by atoms with van der Waals surface area (Å²) in [5.74, 6) is -0.566. The fourth-order valence-electron chi connectivity index (χ4n) is 1.72. The van der Waals surface area contributed by atoms with Crippen molar-refractivity contribution in [2.24, 2.45) is 5.73 Å². The van der Waals surface area contributed by atoms with Crippen LogP contribution in [-0.4, -0.2) is 24.9 Å². The Kier molecular flexibility index (Phi) is 5.64. The van der Waals surface area contributed by atoms with Crippen LogP contribution >= 0.6 is 7.60 Å². The van der Waals surface area contributed by atoms with Crippen LogP contribution in [0.4, 0.5) is 4.39 Å². The van der Waals surface area contributed by atoms with E-state index in [9.17, 15) is 14.1 Å². The second kappa shape index (κ2) is 6.59. The minimum Gasteiger partial charge on any atom is -0.372 e. The Morgan fingerprint density at radius 2 is 1.95 bits per heavy atom. The van der Waals surface area contributed by atoms with Gasteiger partial charge in [0.2, 0.25) is 5.34 Å². The third-order valence-corrected chi connectivity index (χ3v) is 5.17. The summed E-state index contributed by atoms with van der Waals surface area (Å²) in [5, 5.41) is 8.52. The predicted molar refractivity (Wildman–Crippen MR) is 70.2 cm³/mol. The van der Waals surface area contributed by atoms with Crippen LogP contribution < -0.4 is 5.73 Å². The molecule has 3 N–H and O–H groups in total. The van der Waals surface area contributed by atoms with Crippen molar-refractivity contribution in [3.63, 3.8) is 0 Å². The Morgan fingerprint density at radius 3 is 2.37 bits per heavy atom. The standard InChI is InChI=1S/C12H19FNO4P/c1-3-17-19(16,18-4-2)12(15,9-14)10-6-5-7-11(13)8-10/h5-8,15H,3-4,9,14H2,1-2H3. The smallest absolute Gasteiger partial charge is 0.367 e. The van der Waals surface area contributed by atoms with Crippen molar-refractivity contribution in [1.82, 2.24) is 0 Å². The first-order chi connectivity index (χ1) is 8.93. The number of halogens is 1. The van der Waals surface area contributed by atoms with Crippen LogP contribution in [0.2, 0.25) is 0 Å². The van der Waals surface area contributed by atoms with E-state index in [1.165, 1.54) is 18.2 Å². The van der Waals surface area contributed by atoms with Crippen LogP contribution in [-0.2, 0) is 19.0 Å². The predicted octanol–water partition coefficient (Wildman–Crippen LogP) is 2.20. The molecule has 0 spiro atoms. The summed E-state index contributed by atoms with van der Waals surface area (Å²) in [4.78, 5) is 0. The molecule has 0 aliphatic carbocycles. The lowest BCUT2D eigenvalue weighted by molar-refractivity contribution is 0.0719. The molecule has 1 atom stereocenters. The van der Waals surface area contributed by atoms with Gasteiger partial charge in [0.25, 0.3) is 0 Å². The molecule has 5 nitrogen and oxygen atoms in total. The van der Waals surface area contributed by atoms with Crippen molar-refractivity contribution in [1.29, 1.82) is 0 Å². The van der Waals surface area contributed by atoms with E-state index in [1.807, 2.05) is 0 Å². The molecule has 108 valence electrons. The number of nitrogens with two attached hydrogens (primary N) is 1. The summed E-state index contributed by atoms with van der Waals surface area (Å²) >= 11 is 0. The Hall–Kier alpha value is -0.780. The van der Waals surface area contributed by atoms with E-state index >= 15 is 0 Å². The van der Waals surface area contributed by atoms with Crippen molar-refractivity contribution >= 4 is 7.60 Å². The van der Waals surface area contributed by atoms with Gasteiger partial charge in [0.1, 0.15) is 5.82 Å². The molecule has 0 amide bonds. The maximum absolute atomic E-state index is 13.3. The van der Waals surface area contributed by atoms with Gasteiger partial charge in [0.05, 0.1) is 13.2 Å². The van der Waals surface area contributed by atoms with E-state index in [1.54, 1.807) is 13.8 Å². The van der Waals surface area contributed by atoms with Crippen LogP contribution in [0.15, 0.2) is 24.3 Å². The SMILES string of the molecule is CCOP(=O)(OCC)C(O)(CN)c1cccc(F)c1. The Morgan fingerprint density at radius 1 is 1.37 bits per heavy atom. The average molecular weight is 291 g/mol. The van der Waals surface area contributed by atoms with Gasteiger partial charge in [-0.05, 0) is 31.5 Å². The van der Waals surface area contributed by atoms with Crippen LogP contribution in [0, 0.1) is 5.82 Å². The molecule has 1 aromatic carbocycles. The summed E-state index contributed by atoms with van der Waals surface area (Å²) in [6.45, 7) is 2.99. The zero-order valence-electron chi connectivity index (χ0n) is 11.0. The molecule has 0 aliphatic heterocycles. The Labute approximate surface area is 112 Å². The number of benzene rings is 1. The van der Waals surface area contributed by atoms with Gasteiger partial charge in [-0.2, -0.15) is 0 Å². The third-order valence-electron chi connectivity index (χ3n) is 2.62. The molecule has 19 heavy (non-hydrogen) atoms. The van der Waals surface area contributed by atoms with Crippen LogP contribution in [0.3, 0.4) is 0 Å². The first-order valence-corrected chi connectivity index (χ1v) is 7.55. The Balaban J connectivity index is 3.31. The normalized spacial score (nSPS) is 15.2. The lowest BCUT2D eigenvalue weighted by Gasteiger charge is -2.33. The van der Waals surface area contributed by atoms with E-state index in [0.717, 1.165) is 6.07 Å². The monoisotopic (exact) mass is 291 g/mol. The highest BCUT2D eigenvalue weighted by molar-refractivity contribution is 7.55. The molecule has 7 heteroatoms. The van der Waals surface area contributed by atoms with Crippen LogP contribution in [0.25, 0.3) is 0 Å². The van der Waals surface area contributed by atoms with Crippen LogP contribution in [0.5, 0.6) is 0 Å². The van der Waals surface area contributed by atoms with Crippen LogP contribution in [0.1, 0.15) is 19.4 Å². The largest absolute Gasteiger partial charge is 0.372 e. The van der Waals surface area contributed by atoms with Gasteiger partial charge in [0.15, 0.2) is 0 Å². The number of hydrogen-bond donors (Lipinski definition) is 2. The fourth-order valence-corrected chi connectivity index (χ4v) is 3.58. The molecule has 1 rings (SSSR count). The van der Waals surface area contributed by atoms with E-state index in [4.69, 9.17) is 14.8 Å². The van der Waals surface area contributed by atoms with Gasteiger partial charge in [-0.1, -0.05) is 12.1 Å². The molecule has 0 radical (unpaired) electrons. The molecule has 1 aromatic rings. The lowest BCUT2D eigenvalue weighted by atomic mass is 10.1. The number of rotatable bonds is 7.